The smallest absolute Gasteiger partial charge is 0.284 e. The van der Waals surface area contributed by atoms with Crippen LogP contribution in [0.5, 0.6) is 0 Å². The van der Waals surface area contributed by atoms with E-state index in [0.29, 0.717) is 12.2 Å². The summed E-state index contributed by atoms with van der Waals surface area (Å²) in [4.78, 5) is 34.4. The number of fused-ring (bicyclic) bond motifs is 1. The van der Waals surface area contributed by atoms with E-state index in [4.69, 9.17) is 0 Å². The maximum atomic E-state index is 13.1. The highest BCUT2D eigenvalue weighted by Gasteiger charge is 2.28. The van der Waals surface area contributed by atoms with E-state index in [1.165, 1.54) is 4.68 Å². The molecule has 184 valence electrons. The molecule has 1 N–H and O–H groups in total. The molecule has 10 nitrogen and oxygen atoms in total. The fourth-order valence-electron chi connectivity index (χ4n) is 4.15. The molecule has 1 atom stereocenters. The van der Waals surface area contributed by atoms with E-state index in [9.17, 15) is 9.59 Å². The van der Waals surface area contributed by atoms with Crippen LogP contribution >= 0.6 is 0 Å². The van der Waals surface area contributed by atoms with Gasteiger partial charge < -0.3 is 15.1 Å². The van der Waals surface area contributed by atoms with Gasteiger partial charge in [-0.3, -0.25) is 14.3 Å². The number of carbonyl (C=O) groups is 1. The summed E-state index contributed by atoms with van der Waals surface area (Å²) >= 11 is 0. The summed E-state index contributed by atoms with van der Waals surface area (Å²) < 4.78 is 4.98. The van der Waals surface area contributed by atoms with Gasteiger partial charge >= 0.3 is 0 Å². The average Bonchev–Trinajstić information content (AvgIpc) is 3.52. The van der Waals surface area contributed by atoms with Gasteiger partial charge in [-0.2, -0.15) is 0 Å². The minimum atomic E-state index is -0.336. The lowest BCUT2D eigenvalue weighted by Gasteiger charge is -2.17. The third-order valence-corrected chi connectivity index (χ3v) is 5.87. The normalized spacial score (nSPS) is 15.4. The first-order chi connectivity index (χ1) is 16.8. The number of nitrogens with one attached hydrogen (secondary N) is 1. The van der Waals surface area contributed by atoms with Crippen LogP contribution in [0.25, 0.3) is 11.3 Å². The van der Waals surface area contributed by atoms with Gasteiger partial charge in [0.05, 0.1) is 11.4 Å². The molecule has 1 aliphatic rings. The van der Waals surface area contributed by atoms with E-state index < -0.39 is 0 Å². The lowest BCUT2D eigenvalue weighted by atomic mass is 10.2. The van der Waals surface area contributed by atoms with Crippen LogP contribution in [0.15, 0.2) is 59.7 Å². The van der Waals surface area contributed by atoms with Gasteiger partial charge in [0.15, 0.2) is 5.65 Å². The van der Waals surface area contributed by atoms with Gasteiger partial charge in [-0.25, -0.2) is 14.2 Å². The van der Waals surface area contributed by atoms with Gasteiger partial charge in [0, 0.05) is 38.6 Å². The third-order valence-electron chi connectivity index (χ3n) is 5.87. The first-order valence-electron chi connectivity index (χ1n) is 11.6. The molecule has 0 spiro atoms. The second-order valence-corrected chi connectivity index (χ2v) is 9.10. The van der Waals surface area contributed by atoms with Crippen LogP contribution in [0.1, 0.15) is 22.5 Å². The Bertz CT molecular complexity index is 1370. The number of carbonyl (C=O) groups excluding carboxylic acids is 1. The molecule has 1 saturated heterocycles. The molecule has 3 aromatic heterocycles. The zero-order chi connectivity index (χ0) is 25.1. The number of benzene rings is 1. The van der Waals surface area contributed by atoms with Crippen LogP contribution in [0.2, 0.25) is 0 Å². The zero-order valence-electron chi connectivity index (χ0n) is 20.8. The van der Waals surface area contributed by atoms with Crippen LogP contribution in [0, 0.1) is 6.92 Å². The van der Waals surface area contributed by atoms with Crippen molar-refractivity contribution in [1.29, 1.82) is 0 Å². The highest BCUT2D eigenvalue weighted by molar-refractivity contribution is 5.95. The monoisotopic (exact) mass is 476 g/mol. The fraction of sp³-hybridized carbons (Fsp3) is 0.360. The van der Waals surface area contributed by atoms with Crippen molar-refractivity contribution >= 4 is 17.4 Å². The van der Waals surface area contributed by atoms with E-state index >= 15 is 0 Å². The molecule has 1 aromatic carbocycles. The molecular formula is C25H32N8O2. The number of imidazole rings is 1. The number of hydrogen-bond acceptors (Lipinski definition) is 6. The topological polar surface area (TPSA) is 92.7 Å². The summed E-state index contributed by atoms with van der Waals surface area (Å²) in [6.45, 7) is 3.21. The summed E-state index contributed by atoms with van der Waals surface area (Å²) in [5.41, 5.74) is 2.02. The fourth-order valence-corrected chi connectivity index (χ4v) is 4.15. The lowest BCUT2D eigenvalue weighted by Crippen LogP contribution is -2.39. The molecule has 4 aromatic rings. The Morgan fingerprint density at radius 3 is 2.54 bits per heavy atom. The predicted octanol–water partition coefficient (Wildman–Crippen LogP) is 1.71. The van der Waals surface area contributed by atoms with Gasteiger partial charge in [-0.15, -0.1) is 5.10 Å². The molecule has 0 radical (unpaired) electrons. The lowest BCUT2D eigenvalue weighted by molar-refractivity contribution is 0.0938. The minimum absolute atomic E-state index is 0.0584. The molecule has 1 aliphatic heterocycles. The Morgan fingerprint density at radius 1 is 1.11 bits per heavy atom. The Kier molecular flexibility index (Phi) is 7.02. The van der Waals surface area contributed by atoms with Crippen molar-refractivity contribution in [3.63, 3.8) is 0 Å². The van der Waals surface area contributed by atoms with Crippen molar-refractivity contribution in [1.82, 2.24) is 34.2 Å². The third kappa shape index (κ3) is 5.12. The average molecular weight is 477 g/mol. The van der Waals surface area contributed by atoms with Crippen molar-refractivity contribution in [2.75, 3.05) is 39.1 Å². The van der Waals surface area contributed by atoms with Crippen molar-refractivity contribution in [3.8, 4) is 5.69 Å². The van der Waals surface area contributed by atoms with E-state index in [1.807, 2.05) is 74.7 Å². The maximum Gasteiger partial charge on any atom is 0.284 e. The van der Waals surface area contributed by atoms with E-state index in [0.717, 1.165) is 30.1 Å². The summed E-state index contributed by atoms with van der Waals surface area (Å²) in [5, 5.41) is 7.62. The minimum Gasteiger partial charge on any atom is -0.353 e. The number of hydrogen-bond donors (Lipinski definition) is 1. The molecule has 1 amide bonds. The predicted molar refractivity (Wildman–Crippen MR) is 136 cm³/mol. The largest absolute Gasteiger partial charge is 0.353 e. The van der Waals surface area contributed by atoms with Crippen LogP contribution in [0.4, 0.5) is 5.82 Å². The number of para-hydroxylation sites is 1. The van der Waals surface area contributed by atoms with Crippen molar-refractivity contribution < 1.29 is 4.79 Å². The molecular weight excluding hydrogens is 444 g/mol. The van der Waals surface area contributed by atoms with E-state index in [1.54, 1.807) is 29.4 Å². The molecule has 35 heavy (non-hydrogen) atoms. The van der Waals surface area contributed by atoms with Gasteiger partial charge in [-0.1, -0.05) is 18.2 Å². The van der Waals surface area contributed by atoms with Gasteiger partial charge in [0.25, 0.3) is 11.5 Å². The highest BCUT2D eigenvalue weighted by atomic mass is 16.2. The van der Waals surface area contributed by atoms with Gasteiger partial charge in [0.1, 0.15) is 11.4 Å². The second kappa shape index (κ2) is 10.1. The molecule has 10 heteroatoms. The SMILES string of the molecule is CN(C)C.Cc1c(C(=O)N[C@H]2CCN(c3ccc4nccn4n3)C2)c(=O)n(-c2ccccc2)n1C. The Morgan fingerprint density at radius 2 is 1.83 bits per heavy atom. The van der Waals surface area contributed by atoms with Crippen LogP contribution in [-0.4, -0.2) is 75.0 Å². The van der Waals surface area contributed by atoms with Crippen LogP contribution < -0.4 is 15.8 Å². The molecule has 1 fully saturated rings. The Balaban J connectivity index is 0.000000672. The maximum absolute atomic E-state index is 13.1. The quantitative estimate of drug-likeness (QED) is 0.482. The zero-order valence-corrected chi connectivity index (χ0v) is 20.8. The number of anilines is 1. The second-order valence-electron chi connectivity index (χ2n) is 9.10. The van der Waals surface area contributed by atoms with Crippen molar-refractivity contribution in [2.24, 2.45) is 7.05 Å². The highest BCUT2D eigenvalue weighted by Crippen LogP contribution is 2.19. The number of rotatable bonds is 4. The number of nitrogens with zero attached hydrogens (tertiary/aromatic N) is 7. The van der Waals surface area contributed by atoms with Crippen LogP contribution in [0.3, 0.4) is 0 Å². The van der Waals surface area contributed by atoms with Crippen LogP contribution in [-0.2, 0) is 7.05 Å². The first-order valence-corrected chi connectivity index (χ1v) is 11.6. The van der Waals surface area contributed by atoms with Crippen molar-refractivity contribution in [3.05, 3.63) is 76.5 Å². The molecule has 0 bridgehead atoms. The summed E-state index contributed by atoms with van der Waals surface area (Å²) in [7, 11) is 7.79. The summed E-state index contributed by atoms with van der Waals surface area (Å²) in [6.07, 6.45) is 4.31. The molecule has 0 unspecified atom stereocenters. The van der Waals surface area contributed by atoms with E-state index in [2.05, 4.69) is 20.3 Å². The molecule has 0 saturated carbocycles. The Labute approximate surface area is 204 Å². The number of aromatic nitrogens is 5. The molecule has 0 aliphatic carbocycles. The molecule has 4 heterocycles. The summed E-state index contributed by atoms with van der Waals surface area (Å²) in [5.74, 6) is 0.502. The molecule has 5 rings (SSSR count). The van der Waals surface area contributed by atoms with Gasteiger partial charge in [0.2, 0.25) is 0 Å². The standard InChI is InChI=1S/C22H23N7O2.C3H9N/c1-15-20(22(31)29(26(15)2)17-6-4-3-5-7-17)21(30)24-16-10-12-27(14-16)19-9-8-18-23-11-13-28(18)25-19;1-4(2)3/h3-9,11,13,16H,10,12,14H2,1-2H3,(H,24,30);1-3H3/t16-;/m0./s1. The van der Waals surface area contributed by atoms with Gasteiger partial charge in [-0.05, 0) is 58.8 Å². The van der Waals surface area contributed by atoms with E-state index in [-0.39, 0.29) is 23.1 Å². The number of amides is 1. The van der Waals surface area contributed by atoms with Crippen molar-refractivity contribution in [2.45, 2.75) is 19.4 Å². The Hall–Kier alpha value is -3.92. The summed E-state index contributed by atoms with van der Waals surface area (Å²) in [6, 6.07) is 13.1. The first kappa shape index (κ1) is 24.2.